The first-order valence-electron chi connectivity index (χ1n) is 13.2. The van der Waals surface area contributed by atoms with E-state index in [0.717, 1.165) is 42.0 Å². The maximum atomic E-state index is 13.5. The van der Waals surface area contributed by atoms with Crippen LogP contribution in [0.2, 0.25) is 0 Å². The van der Waals surface area contributed by atoms with Gasteiger partial charge in [-0.1, -0.05) is 12.5 Å². The van der Waals surface area contributed by atoms with Gasteiger partial charge in [0.2, 0.25) is 15.9 Å². The Labute approximate surface area is 212 Å². The maximum absolute atomic E-state index is 13.5. The third kappa shape index (κ3) is 6.37. The summed E-state index contributed by atoms with van der Waals surface area (Å²) >= 11 is 0. The van der Waals surface area contributed by atoms with Crippen LogP contribution < -0.4 is 10.1 Å². The van der Waals surface area contributed by atoms with E-state index in [2.05, 4.69) is 5.32 Å². The lowest BCUT2D eigenvalue weighted by Crippen LogP contribution is -2.41. The SMILES string of the molecule is Cc1ccc(S(=O)(=O)N2CCC[C@H]2C(=O)O)c(O[C@@H]2CCCC[C@H]2CCNC2CCC(F)(F)CC2)c1. The lowest BCUT2D eigenvalue weighted by atomic mass is 9.84. The Morgan fingerprint density at radius 1 is 1.14 bits per heavy atom. The van der Waals surface area contributed by atoms with E-state index in [4.69, 9.17) is 4.74 Å². The predicted molar refractivity (Wildman–Crippen MR) is 132 cm³/mol. The van der Waals surface area contributed by atoms with Gasteiger partial charge >= 0.3 is 5.97 Å². The molecule has 2 aliphatic carbocycles. The van der Waals surface area contributed by atoms with Gasteiger partial charge in [0.05, 0.1) is 0 Å². The van der Waals surface area contributed by atoms with Crippen molar-refractivity contribution < 1.29 is 31.8 Å². The maximum Gasteiger partial charge on any atom is 0.322 e. The van der Waals surface area contributed by atoms with E-state index in [0.29, 0.717) is 32.2 Å². The third-order valence-corrected chi connectivity index (χ3v) is 9.91. The number of halogens is 2. The van der Waals surface area contributed by atoms with E-state index in [1.807, 2.05) is 6.92 Å². The second kappa shape index (κ2) is 11.3. The van der Waals surface area contributed by atoms with Gasteiger partial charge in [0.15, 0.2) is 0 Å². The van der Waals surface area contributed by atoms with Crippen molar-refractivity contribution in [3.05, 3.63) is 23.8 Å². The molecule has 0 radical (unpaired) electrons. The van der Waals surface area contributed by atoms with E-state index in [-0.39, 0.29) is 48.1 Å². The number of rotatable bonds is 9. The summed E-state index contributed by atoms with van der Waals surface area (Å²) in [7, 11) is -4.04. The van der Waals surface area contributed by atoms with Crippen molar-refractivity contribution in [1.29, 1.82) is 0 Å². The molecule has 2 saturated carbocycles. The molecule has 1 aromatic carbocycles. The van der Waals surface area contributed by atoms with Gasteiger partial charge in [0.1, 0.15) is 22.8 Å². The van der Waals surface area contributed by atoms with Crippen LogP contribution in [0.5, 0.6) is 5.75 Å². The van der Waals surface area contributed by atoms with Gasteiger partial charge in [-0.15, -0.1) is 0 Å². The minimum atomic E-state index is -4.04. The number of nitrogens with one attached hydrogen (secondary N) is 1. The molecule has 3 aliphatic rings. The molecule has 0 spiro atoms. The summed E-state index contributed by atoms with van der Waals surface area (Å²) in [5.41, 5.74) is 0.864. The zero-order valence-corrected chi connectivity index (χ0v) is 21.7. The van der Waals surface area contributed by atoms with Crippen LogP contribution in [0.15, 0.2) is 23.1 Å². The third-order valence-electron chi connectivity index (χ3n) is 7.96. The summed E-state index contributed by atoms with van der Waals surface area (Å²) in [5.74, 6) is -3.16. The Morgan fingerprint density at radius 3 is 2.58 bits per heavy atom. The minimum Gasteiger partial charge on any atom is -0.489 e. The Hall–Kier alpha value is -1.78. The Morgan fingerprint density at radius 2 is 1.86 bits per heavy atom. The van der Waals surface area contributed by atoms with Crippen molar-refractivity contribution in [2.75, 3.05) is 13.1 Å². The Bertz CT molecular complexity index is 1030. The summed E-state index contributed by atoms with van der Waals surface area (Å²) in [6.07, 6.45) is 6.17. The van der Waals surface area contributed by atoms with Gasteiger partial charge in [-0.2, -0.15) is 4.31 Å². The van der Waals surface area contributed by atoms with Gasteiger partial charge in [-0.25, -0.2) is 17.2 Å². The van der Waals surface area contributed by atoms with Crippen LogP contribution in [0.25, 0.3) is 0 Å². The first-order chi connectivity index (χ1) is 17.1. The number of ether oxygens (including phenoxy) is 1. The van der Waals surface area contributed by atoms with Crippen LogP contribution >= 0.6 is 0 Å². The quantitative estimate of drug-likeness (QED) is 0.481. The summed E-state index contributed by atoms with van der Waals surface area (Å²) in [4.78, 5) is 11.7. The Kier molecular flexibility index (Phi) is 8.56. The van der Waals surface area contributed by atoms with E-state index in [9.17, 15) is 27.1 Å². The number of nitrogens with zero attached hydrogens (tertiary/aromatic N) is 1. The van der Waals surface area contributed by atoms with E-state index >= 15 is 0 Å². The molecule has 4 rings (SSSR count). The number of aliphatic carboxylic acids is 1. The molecule has 1 heterocycles. The molecule has 0 bridgehead atoms. The van der Waals surface area contributed by atoms with Gasteiger partial charge in [0.25, 0.3) is 0 Å². The van der Waals surface area contributed by atoms with E-state index in [1.165, 1.54) is 6.07 Å². The average Bonchev–Trinajstić information content (AvgIpc) is 3.33. The van der Waals surface area contributed by atoms with Crippen molar-refractivity contribution in [1.82, 2.24) is 9.62 Å². The largest absolute Gasteiger partial charge is 0.489 e. The van der Waals surface area contributed by atoms with Crippen molar-refractivity contribution in [3.8, 4) is 5.75 Å². The zero-order valence-electron chi connectivity index (χ0n) is 20.9. The molecular weight excluding hydrogens is 490 g/mol. The second-order valence-electron chi connectivity index (χ2n) is 10.6. The van der Waals surface area contributed by atoms with Crippen molar-refractivity contribution in [3.63, 3.8) is 0 Å². The Balaban J connectivity index is 1.44. The number of sulfonamides is 1. The number of carboxylic acids is 1. The molecule has 7 nitrogen and oxygen atoms in total. The standard InChI is InChI=1S/C26H38F2N2O5S/c1-18-8-9-24(36(33,34)30-16-4-6-21(30)25(31)32)23(17-18)35-22-7-3-2-5-19(22)12-15-29-20-10-13-26(27,28)14-11-20/h8-9,17,19-22,29H,2-7,10-16H2,1H3,(H,31,32)/t19-,21-,22+/m0/s1. The molecule has 1 aliphatic heterocycles. The number of alkyl halides is 2. The number of hydrogen-bond acceptors (Lipinski definition) is 5. The van der Waals surface area contributed by atoms with Crippen LogP contribution in [0.3, 0.4) is 0 Å². The zero-order chi connectivity index (χ0) is 25.9. The number of aryl methyl sites for hydroxylation is 1. The van der Waals surface area contributed by atoms with Gasteiger partial charge in [0, 0.05) is 25.4 Å². The fraction of sp³-hybridized carbons (Fsp3) is 0.731. The molecule has 2 N–H and O–H groups in total. The van der Waals surface area contributed by atoms with E-state index < -0.39 is 28.0 Å². The summed E-state index contributed by atoms with van der Waals surface area (Å²) in [5, 5.41) is 13.0. The highest BCUT2D eigenvalue weighted by molar-refractivity contribution is 7.89. The van der Waals surface area contributed by atoms with Crippen LogP contribution in [0.1, 0.15) is 76.2 Å². The normalized spacial score (nSPS) is 27.7. The fourth-order valence-corrected chi connectivity index (χ4v) is 7.61. The topological polar surface area (TPSA) is 95.9 Å². The summed E-state index contributed by atoms with van der Waals surface area (Å²) in [6, 6.07) is 4.02. The van der Waals surface area contributed by atoms with Gasteiger partial charge < -0.3 is 15.2 Å². The lowest BCUT2D eigenvalue weighted by Gasteiger charge is -2.34. The molecule has 36 heavy (non-hydrogen) atoms. The fourth-order valence-electron chi connectivity index (χ4n) is 5.86. The molecule has 0 unspecified atom stereocenters. The highest BCUT2D eigenvalue weighted by atomic mass is 32.2. The molecule has 1 aromatic rings. The first kappa shape index (κ1) is 27.3. The van der Waals surface area contributed by atoms with E-state index in [1.54, 1.807) is 12.1 Å². The molecule has 0 aromatic heterocycles. The highest BCUT2D eigenvalue weighted by Crippen LogP contribution is 2.37. The predicted octanol–water partition coefficient (Wildman–Crippen LogP) is 4.73. The summed E-state index contributed by atoms with van der Waals surface area (Å²) in [6.45, 7) is 2.76. The molecule has 202 valence electrons. The van der Waals surface area contributed by atoms with Crippen LogP contribution in [0, 0.1) is 12.8 Å². The molecule has 3 fully saturated rings. The average molecular weight is 529 g/mol. The first-order valence-corrected chi connectivity index (χ1v) is 14.6. The van der Waals surface area contributed by atoms with Crippen LogP contribution in [0.4, 0.5) is 8.78 Å². The number of hydrogen-bond donors (Lipinski definition) is 2. The molecule has 3 atom stereocenters. The van der Waals surface area contributed by atoms with Crippen molar-refractivity contribution >= 4 is 16.0 Å². The monoisotopic (exact) mass is 528 g/mol. The number of carbonyl (C=O) groups is 1. The van der Waals surface area contributed by atoms with Crippen molar-refractivity contribution in [2.45, 2.75) is 107 Å². The molecular formula is C26H38F2N2O5S. The number of benzene rings is 1. The van der Waals surface area contributed by atoms with Crippen molar-refractivity contribution in [2.24, 2.45) is 5.92 Å². The van der Waals surface area contributed by atoms with Crippen LogP contribution in [-0.2, 0) is 14.8 Å². The lowest BCUT2D eigenvalue weighted by molar-refractivity contribution is -0.140. The van der Waals surface area contributed by atoms with Crippen LogP contribution in [-0.4, -0.2) is 61.0 Å². The minimum absolute atomic E-state index is 0.0202. The molecule has 1 saturated heterocycles. The van der Waals surface area contributed by atoms with Gasteiger partial charge in [-0.05, 0) is 88.4 Å². The van der Waals surface area contributed by atoms with Gasteiger partial charge in [-0.3, -0.25) is 4.79 Å². The summed E-state index contributed by atoms with van der Waals surface area (Å²) < 4.78 is 61.4. The highest BCUT2D eigenvalue weighted by Gasteiger charge is 2.41. The number of carboxylic acid groups (broad SMARTS) is 1. The smallest absolute Gasteiger partial charge is 0.322 e. The molecule has 10 heteroatoms. The molecule has 0 amide bonds. The second-order valence-corrected chi connectivity index (χ2v) is 12.5.